The standard InChI is InChI=1S/C18H19N3O3S/c1-10(18(23)24)11(2)19-16(22)15-9-14-12(3)20-21(17(14)25-15)13-7-5-4-6-8-13/h4-11H,1-3H3,(H,19,22)(H,23,24). The van der Waals surface area contributed by atoms with E-state index in [0.717, 1.165) is 21.6 Å². The summed E-state index contributed by atoms with van der Waals surface area (Å²) in [4.78, 5) is 25.0. The SMILES string of the molecule is Cc1nn(-c2ccccc2)c2sc(C(=O)NC(C)C(C)C(=O)O)cc12. The highest BCUT2D eigenvalue weighted by Crippen LogP contribution is 2.30. The van der Waals surface area contributed by atoms with Crippen molar-refractivity contribution in [3.8, 4) is 5.69 Å². The highest BCUT2D eigenvalue weighted by molar-refractivity contribution is 7.20. The Bertz CT molecular complexity index is 930. The quantitative estimate of drug-likeness (QED) is 0.734. The van der Waals surface area contributed by atoms with E-state index in [-0.39, 0.29) is 5.91 Å². The van der Waals surface area contributed by atoms with Crippen LogP contribution in [0.2, 0.25) is 0 Å². The third-order valence-corrected chi connectivity index (χ3v) is 5.38. The van der Waals surface area contributed by atoms with Gasteiger partial charge in [-0.05, 0) is 39.0 Å². The second kappa shape index (κ2) is 6.68. The molecule has 2 aromatic heterocycles. The van der Waals surface area contributed by atoms with Gasteiger partial charge >= 0.3 is 5.97 Å². The van der Waals surface area contributed by atoms with Gasteiger partial charge in [0.25, 0.3) is 5.91 Å². The van der Waals surface area contributed by atoms with E-state index in [1.54, 1.807) is 13.8 Å². The molecule has 0 saturated carbocycles. The number of carboxylic acid groups (broad SMARTS) is 1. The molecule has 2 unspecified atom stereocenters. The van der Waals surface area contributed by atoms with Crippen molar-refractivity contribution in [2.75, 3.05) is 0 Å². The molecule has 0 saturated heterocycles. The highest BCUT2D eigenvalue weighted by Gasteiger charge is 2.23. The van der Waals surface area contributed by atoms with Crippen LogP contribution in [0, 0.1) is 12.8 Å². The van der Waals surface area contributed by atoms with Gasteiger partial charge in [-0.1, -0.05) is 18.2 Å². The number of rotatable bonds is 5. The number of carbonyl (C=O) groups is 2. The maximum absolute atomic E-state index is 12.5. The van der Waals surface area contributed by atoms with Gasteiger partial charge in [0.05, 0.1) is 22.2 Å². The zero-order valence-corrected chi connectivity index (χ0v) is 15.0. The summed E-state index contributed by atoms with van der Waals surface area (Å²) in [6, 6.07) is 11.1. The lowest BCUT2D eigenvalue weighted by Crippen LogP contribution is -2.39. The number of para-hydroxylation sites is 1. The van der Waals surface area contributed by atoms with Crippen LogP contribution >= 0.6 is 11.3 Å². The Morgan fingerprint density at radius 2 is 1.92 bits per heavy atom. The van der Waals surface area contributed by atoms with Gasteiger partial charge in [-0.2, -0.15) is 5.10 Å². The molecule has 25 heavy (non-hydrogen) atoms. The Labute approximate surface area is 149 Å². The molecule has 0 fully saturated rings. The summed E-state index contributed by atoms with van der Waals surface area (Å²) in [7, 11) is 0. The molecular formula is C18H19N3O3S. The molecule has 2 heterocycles. The number of aryl methyl sites for hydroxylation is 1. The number of amides is 1. The number of carbonyl (C=O) groups excluding carboxylic acids is 1. The molecule has 0 aliphatic heterocycles. The molecule has 2 atom stereocenters. The number of fused-ring (bicyclic) bond motifs is 1. The predicted octanol–water partition coefficient (Wildman–Crippen LogP) is 3.23. The van der Waals surface area contributed by atoms with Gasteiger partial charge in [0, 0.05) is 11.4 Å². The van der Waals surface area contributed by atoms with E-state index in [4.69, 9.17) is 5.11 Å². The van der Waals surface area contributed by atoms with Crippen molar-refractivity contribution < 1.29 is 14.7 Å². The van der Waals surface area contributed by atoms with Gasteiger partial charge in [0.2, 0.25) is 0 Å². The molecule has 0 aliphatic rings. The number of benzene rings is 1. The lowest BCUT2D eigenvalue weighted by atomic mass is 10.0. The Kier molecular flexibility index (Phi) is 4.59. The number of aromatic nitrogens is 2. The number of hydrogen-bond donors (Lipinski definition) is 2. The third-order valence-electron chi connectivity index (χ3n) is 4.27. The van der Waals surface area contributed by atoms with Gasteiger partial charge in [-0.3, -0.25) is 9.59 Å². The first-order valence-electron chi connectivity index (χ1n) is 7.96. The van der Waals surface area contributed by atoms with E-state index in [1.807, 2.05) is 48.0 Å². The Morgan fingerprint density at radius 3 is 2.56 bits per heavy atom. The van der Waals surface area contributed by atoms with Crippen molar-refractivity contribution in [3.05, 3.63) is 47.0 Å². The summed E-state index contributed by atoms with van der Waals surface area (Å²) in [5.41, 5.74) is 1.78. The minimum atomic E-state index is -0.931. The van der Waals surface area contributed by atoms with Crippen LogP contribution in [-0.4, -0.2) is 32.8 Å². The van der Waals surface area contributed by atoms with E-state index in [0.29, 0.717) is 4.88 Å². The van der Waals surface area contributed by atoms with Gasteiger partial charge in [0.1, 0.15) is 4.83 Å². The fourth-order valence-electron chi connectivity index (χ4n) is 2.52. The van der Waals surface area contributed by atoms with Gasteiger partial charge in [-0.25, -0.2) is 4.68 Å². The van der Waals surface area contributed by atoms with Crippen molar-refractivity contribution in [3.63, 3.8) is 0 Å². The predicted molar refractivity (Wildman–Crippen MR) is 97.4 cm³/mol. The summed E-state index contributed by atoms with van der Waals surface area (Å²) in [6.45, 7) is 5.18. The van der Waals surface area contributed by atoms with Crippen LogP contribution in [0.25, 0.3) is 15.9 Å². The van der Waals surface area contributed by atoms with Gasteiger partial charge < -0.3 is 10.4 Å². The topological polar surface area (TPSA) is 84.2 Å². The van der Waals surface area contributed by atoms with Crippen molar-refractivity contribution >= 4 is 33.4 Å². The van der Waals surface area contributed by atoms with E-state index in [2.05, 4.69) is 10.4 Å². The van der Waals surface area contributed by atoms with Crippen molar-refractivity contribution in [2.24, 2.45) is 5.92 Å². The van der Waals surface area contributed by atoms with E-state index in [1.165, 1.54) is 11.3 Å². The monoisotopic (exact) mass is 357 g/mol. The first-order valence-corrected chi connectivity index (χ1v) is 8.78. The second-order valence-corrected chi connectivity index (χ2v) is 7.08. The smallest absolute Gasteiger partial charge is 0.308 e. The minimum absolute atomic E-state index is 0.263. The molecular weight excluding hydrogens is 338 g/mol. The number of aliphatic carboxylic acids is 1. The number of hydrogen-bond acceptors (Lipinski definition) is 4. The van der Waals surface area contributed by atoms with Crippen LogP contribution in [0.3, 0.4) is 0 Å². The summed E-state index contributed by atoms with van der Waals surface area (Å²) in [5, 5.41) is 17.3. The normalized spacial score (nSPS) is 13.6. The third kappa shape index (κ3) is 3.28. The Balaban J connectivity index is 1.92. The minimum Gasteiger partial charge on any atom is -0.481 e. The molecule has 3 aromatic rings. The van der Waals surface area contributed by atoms with Crippen molar-refractivity contribution in [1.29, 1.82) is 0 Å². The average Bonchev–Trinajstić information content (AvgIpc) is 3.15. The molecule has 6 nitrogen and oxygen atoms in total. The van der Waals surface area contributed by atoms with E-state index >= 15 is 0 Å². The second-order valence-electron chi connectivity index (χ2n) is 6.05. The summed E-state index contributed by atoms with van der Waals surface area (Å²) in [6.07, 6.45) is 0. The molecule has 1 amide bonds. The summed E-state index contributed by atoms with van der Waals surface area (Å²) < 4.78 is 1.83. The maximum atomic E-state index is 12.5. The molecule has 0 bridgehead atoms. The molecule has 1 aromatic carbocycles. The number of nitrogens with zero attached hydrogens (tertiary/aromatic N) is 2. The van der Waals surface area contributed by atoms with Crippen LogP contribution in [-0.2, 0) is 4.79 Å². The van der Waals surface area contributed by atoms with Crippen molar-refractivity contribution in [2.45, 2.75) is 26.8 Å². The lowest BCUT2D eigenvalue weighted by Gasteiger charge is -2.17. The molecule has 130 valence electrons. The lowest BCUT2D eigenvalue weighted by molar-refractivity contribution is -0.141. The zero-order valence-electron chi connectivity index (χ0n) is 14.2. The molecule has 2 N–H and O–H groups in total. The highest BCUT2D eigenvalue weighted by atomic mass is 32.1. The number of carboxylic acids is 1. The molecule has 3 rings (SSSR count). The van der Waals surface area contributed by atoms with Gasteiger partial charge in [0.15, 0.2) is 0 Å². The van der Waals surface area contributed by atoms with E-state index in [9.17, 15) is 9.59 Å². The van der Waals surface area contributed by atoms with Gasteiger partial charge in [-0.15, -0.1) is 11.3 Å². The summed E-state index contributed by atoms with van der Waals surface area (Å²) in [5.74, 6) is -1.85. The van der Waals surface area contributed by atoms with Crippen LogP contribution in [0.5, 0.6) is 0 Å². The van der Waals surface area contributed by atoms with E-state index < -0.39 is 17.9 Å². The first kappa shape index (κ1) is 17.2. The zero-order chi connectivity index (χ0) is 18.1. The van der Waals surface area contributed by atoms with Crippen LogP contribution in [0.1, 0.15) is 29.2 Å². The molecule has 0 spiro atoms. The Hall–Kier alpha value is -2.67. The Morgan fingerprint density at radius 1 is 1.24 bits per heavy atom. The van der Waals surface area contributed by atoms with Crippen LogP contribution in [0.15, 0.2) is 36.4 Å². The van der Waals surface area contributed by atoms with Crippen LogP contribution in [0.4, 0.5) is 0 Å². The fourth-order valence-corrected chi connectivity index (χ4v) is 3.61. The molecule has 7 heteroatoms. The van der Waals surface area contributed by atoms with Crippen LogP contribution < -0.4 is 5.32 Å². The molecule has 0 aliphatic carbocycles. The first-order chi connectivity index (χ1) is 11.9. The largest absolute Gasteiger partial charge is 0.481 e. The maximum Gasteiger partial charge on any atom is 0.308 e. The number of thiophene rings is 1. The fraction of sp³-hybridized carbons (Fsp3) is 0.278. The van der Waals surface area contributed by atoms with Crippen molar-refractivity contribution in [1.82, 2.24) is 15.1 Å². The average molecular weight is 357 g/mol. The summed E-state index contributed by atoms with van der Waals surface area (Å²) >= 11 is 1.35. The number of nitrogens with one attached hydrogen (secondary N) is 1. The molecule has 0 radical (unpaired) electrons.